The van der Waals surface area contributed by atoms with Crippen molar-refractivity contribution >= 4 is 23.5 Å². The van der Waals surface area contributed by atoms with Gasteiger partial charge in [-0.25, -0.2) is 0 Å². The van der Waals surface area contributed by atoms with Crippen LogP contribution < -0.4 is 15.5 Å². The summed E-state index contributed by atoms with van der Waals surface area (Å²) in [5.74, 6) is 0.0979. The molecule has 0 heterocycles. The fourth-order valence-electron chi connectivity index (χ4n) is 1.45. The fraction of sp³-hybridized carbons (Fsp3) is 0.385. The Hall–Kier alpha value is -1.80. The molecule has 0 aromatic heterocycles. The van der Waals surface area contributed by atoms with Crippen molar-refractivity contribution in [1.82, 2.24) is 10.7 Å². The summed E-state index contributed by atoms with van der Waals surface area (Å²) in [5, 5.41) is 7.28. The molecule has 21 heavy (non-hydrogen) atoms. The van der Waals surface area contributed by atoms with Gasteiger partial charge in [-0.05, 0) is 49.0 Å². The molecule has 0 aliphatic rings. The molecule has 0 fully saturated rings. The molecule has 116 valence electrons. The highest BCUT2D eigenvalue weighted by Crippen LogP contribution is 2.13. The minimum absolute atomic E-state index is 0.0657. The summed E-state index contributed by atoms with van der Waals surface area (Å²) in [5.41, 5.74) is 3.37. The first kappa shape index (κ1) is 17.3. The average Bonchev–Trinajstić information content (AvgIpc) is 2.40. The van der Waals surface area contributed by atoms with Gasteiger partial charge >= 0.3 is 6.61 Å². The highest BCUT2D eigenvalue weighted by Gasteiger charge is 2.03. The zero-order chi connectivity index (χ0) is 15.7. The third-order valence-electron chi connectivity index (χ3n) is 2.28. The first-order valence-corrected chi connectivity index (χ1v) is 6.55. The molecule has 0 unspecified atom stereocenters. The highest BCUT2D eigenvalue weighted by molar-refractivity contribution is 7.80. The molecule has 0 amide bonds. The zero-order valence-electron chi connectivity index (χ0n) is 11.7. The number of hydrogen-bond donors (Lipinski definition) is 2. The minimum atomic E-state index is -2.83. The van der Waals surface area contributed by atoms with Crippen molar-refractivity contribution in [2.45, 2.75) is 19.6 Å². The van der Waals surface area contributed by atoms with Gasteiger partial charge in [0.2, 0.25) is 0 Å². The fourth-order valence-corrected chi connectivity index (χ4v) is 1.70. The number of halogens is 2. The summed E-state index contributed by atoms with van der Waals surface area (Å²) in [7, 11) is 1.61. The molecule has 0 aliphatic carbocycles. The van der Waals surface area contributed by atoms with Crippen LogP contribution in [-0.4, -0.2) is 37.7 Å². The summed E-state index contributed by atoms with van der Waals surface area (Å²) in [4.78, 5) is 0. The Balaban J connectivity index is 2.40. The van der Waals surface area contributed by atoms with E-state index < -0.39 is 6.61 Å². The lowest BCUT2D eigenvalue weighted by atomic mass is 10.2. The van der Waals surface area contributed by atoms with E-state index in [4.69, 9.17) is 17.0 Å². The van der Waals surface area contributed by atoms with Crippen LogP contribution in [0.1, 0.15) is 12.5 Å². The Kier molecular flexibility index (Phi) is 7.55. The normalized spacial score (nSPS) is 12.4. The number of ether oxygens (including phenoxy) is 2. The number of rotatable bonds is 7. The van der Waals surface area contributed by atoms with Gasteiger partial charge in [-0.15, -0.1) is 0 Å². The Morgan fingerprint density at radius 2 is 2.05 bits per heavy atom. The summed E-state index contributed by atoms with van der Waals surface area (Å²) in [6.07, 6.45) is 1.52. The van der Waals surface area contributed by atoms with Gasteiger partial charge in [-0.1, -0.05) is 0 Å². The molecule has 1 aromatic rings. The number of alkyl halides is 2. The van der Waals surface area contributed by atoms with E-state index in [0.717, 1.165) is 5.56 Å². The van der Waals surface area contributed by atoms with Crippen LogP contribution in [0, 0.1) is 0 Å². The van der Waals surface area contributed by atoms with Crippen LogP contribution in [0.25, 0.3) is 0 Å². The standard InChI is InChI=1S/C13H17F2N3O2S/c1-9(8-19-2)17-13(21)18-16-7-10-3-5-11(6-4-10)20-12(14)15/h3-7,9,12H,8H2,1-2H3,(H2,17,18,21)/b16-7-/t9-/m1/s1. The molecule has 0 saturated heterocycles. The molecule has 0 saturated carbocycles. The first-order valence-electron chi connectivity index (χ1n) is 6.14. The maximum absolute atomic E-state index is 12.0. The van der Waals surface area contributed by atoms with Gasteiger partial charge in [0.05, 0.1) is 12.8 Å². The Morgan fingerprint density at radius 3 is 2.62 bits per heavy atom. The lowest BCUT2D eigenvalue weighted by Gasteiger charge is -2.13. The van der Waals surface area contributed by atoms with Crippen molar-refractivity contribution in [3.05, 3.63) is 29.8 Å². The molecule has 0 radical (unpaired) electrons. The Labute approximate surface area is 127 Å². The molecule has 8 heteroatoms. The maximum Gasteiger partial charge on any atom is 0.387 e. The smallest absolute Gasteiger partial charge is 0.387 e. The monoisotopic (exact) mass is 317 g/mol. The number of hydrazone groups is 1. The maximum atomic E-state index is 12.0. The third-order valence-corrected chi connectivity index (χ3v) is 2.49. The van der Waals surface area contributed by atoms with E-state index >= 15 is 0 Å². The van der Waals surface area contributed by atoms with E-state index in [2.05, 4.69) is 20.6 Å². The summed E-state index contributed by atoms with van der Waals surface area (Å²) >= 11 is 5.03. The lowest BCUT2D eigenvalue weighted by molar-refractivity contribution is -0.0498. The summed E-state index contributed by atoms with van der Waals surface area (Å²) in [6, 6.07) is 6.14. The SMILES string of the molecule is COC[C@@H](C)NC(=S)N/N=C\c1ccc(OC(F)F)cc1. The number of hydrogen-bond acceptors (Lipinski definition) is 4. The van der Waals surface area contributed by atoms with Crippen LogP contribution in [0.2, 0.25) is 0 Å². The predicted molar refractivity (Wildman–Crippen MR) is 80.9 cm³/mol. The van der Waals surface area contributed by atoms with Crippen molar-refractivity contribution in [1.29, 1.82) is 0 Å². The van der Waals surface area contributed by atoms with Crippen LogP contribution in [-0.2, 0) is 4.74 Å². The van der Waals surface area contributed by atoms with Crippen molar-refractivity contribution in [2.75, 3.05) is 13.7 Å². The second-order valence-corrected chi connectivity index (χ2v) is 4.56. The molecule has 0 spiro atoms. The number of benzene rings is 1. The number of nitrogens with zero attached hydrogens (tertiary/aromatic N) is 1. The van der Waals surface area contributed by atoms with Gasteiger partial charge < -0.3 is 14.8 Å². The summed E-state index contributed by atoms with van der Waals surface area (Å²) < 4.78 is 33.2. The molecule has 1 rings (SSSR count). The van der Waals surface area contributed by atoms with Gasteiger partial charge in [0.1, 0.15) is 5.75 Å². The quantitative estimate of drug-likeness (QED) is 0.458. The largest absolute Gasteiger partial charge is 0.435 e. The molecule has 0 aliphatic heterocycles. The molecular weight excluding hydrogens is 300 g/mol. The highest BCUT2D eigenvalue weighted by atomic mass is 32.1. The molecule has 5 nitrogen and oxygen atoms in total. The van der Waals surface area contributed by atoms with Gasteiger partial charge in [-0.3, -0.25) is 5.43 Å². The van der Waals surface area contributed by atoms with Gasteiger partial charge in [0, 0.05) is 13.2 Å². The van der Waals surface area contributed by atoms with Crippen molar-refractivity contribution in [2.24, 2.45) is 5.10 Å². The second kappa shape index (κ2) is 9.19. The topological polar surface area (TPSA) is 54.9 Å². The predicted octanol–water partition coefficient (Wildman–Crippen LogP) is 2.12. The van der Waals surface area contributed by atoms with Gasteiger partial charge in [-0.2, -0.15) is 13.9 Å². The van der Waals surface area contributed by atoms with E-state index in [1.165, 1.54) is 18.3 Å². The van der Waals surface area contributed by atoms with Gasteiger partial charge in [0.15, 0.2) is 5.11 Å². The Morgan fingerprint density at radius 1 is 1.38 bits per heavy atom. The molecule has 1 atom stereocenters. The Bertz CT molecular complexity index is 469. The zero-order valence-corrected chi connectivity index (χ0v) is 12.5. The number of thiocarbonyl (C=S) groups is 1. The van der Waals surface area contributed by atoms with Crippen LogP contribution >= 0.6 is 12.2 Å². The van der Waals surface area contributed by atoms with Crippen LogP contribution in [0.4, 0.5) is 8.78 Å². The van der Waals surface area contributed by atoms with Gasteiger partial charge in [0.25, 0.3) is 0 Å². The summed E-state index contributed by atoms with van der Waals surface area (Å²) in [6.45, 7) is -0.385. The molecule has 2 N–H and O–H groups in total. The number of methoxy groups -OCH3 is 1. The lowest BCUT2D eigenvalue weighted by Crippen LogP contribution is -2.40. The first-order chi connectivity index (χ1) is 10.0. The van der Waals surface area contributed by atoms with Crippen LogP contribution in [0.15, 0.2) is 29.4 Å². The van der Waals surface area contributed by atoms with E-state index in [1.54, 1.807) is 19.2 Å². The molecule has 1 aromatic carbocycles. The third kappa shape index (κ3) is 7.52. The van der Waals surface area contributed by atoms with Crippen LogP contribution in [0.3, 0.4) is 0 Å². The molecule has 0 bridgehead atoms. The molecular formula is C13H17F2N3O2S. The van der Waals surface area contributed by atoms with E-state index in [-0.39, 0.29) is 11.8 Å². The second-order valence-electron chi connectivity index (χ2n) is 4.15. The van der Waals surface area contributed by atoms with E-state index in [1.807, 2.05) is 6.92 Å². The average molecular weight is 317 g/mol. The van der Waals surface area contributed by atoms with Crippen molar-refractivity contribution in [3.8, 4) is 5.75 Å². The van der Waals surface area contributed by atoms with Crippen LogP contribution in [0.5, 0.6) is 5.75 Å². The number of nitrogens with one attached hydrogen (secondary N) is 2. The van der Waals surface area contributed by atoms with Crippen molar-refractivity contribution < 1.29 is 18.3 Å². The van der Waals surface area contributed by atoms with E-state index in [9.17, 15) is 8.78 Å². The van der Waals surface area contributed by atoms with Crippen molar-refractivity contribution in [3.63, 3.8) is 0 Å². The minimum Gasteiger partial charge on any atom is -0.435 e. The van der Waals surface area contributed by atoms with E-state index in [0.29, 0.717) is 11.7 Å².